The van der Waals surface area contributed by atoms with Crippen LogP contribution in [0.25, 0.3) is 6.08 Å². The Morgan fingerprint density at radius 2 is 2.17 bits per heavy atom. The van der Waals surface area contributed by atoms with Crippen LogP contribution in [0.2, 0.25) is 10.2 Å². The molecule has 7 heteroatoms. The van der Waals surface area contributed by atoms with E-state index in [0.29, 0.717) is 28.0 Å². The zero-order valence-corrected chi connectivity index (χ0v) is 13.8. The maximum absolute atomic E-state index is 11.4. The van der Waals surface area contributed by atoms with Crippen molar-refractivity contribution in [3.8, 4) is 6.07 Å². The molecule has 0 fully saturated rings. The molecule has 0 aliphatic heterocycles. The van der Waals surface area contributed by atoms with Crippen molar-refractivity contribution in [1.29, 1.82) is 5.26 Å². The summed E-state index contributed by atoms with van der Waals surface area (Å²) in [6.45, 7) is 1.92. The second-order valence-electron chi connectivity index (χ2n) is 4.64. The fourth-order valence-corrected chi connectivity index (χ4v) is 2.44. The number of ether oxygens (including phenoxy) is 1. The van der Waals surface area contributed by atoms with Gasteiger partial charge < -0.3 is 4.74 Å². The highest BCUT2D eigenvalue weighted by Gasteiger charge is 2.13. The molecule has 0 saturated carbocycles. The monoisotopic (exact) mass is 349 g/mol. The molecule has 1 aromatic heterocycles. The van der Waals surface area contributed by atoms with Gasteiger partial charge in [0.1, 0.15) is 11.2 Å². The normalized spacial score (nSPS) is 10.7. The minimum atomic E-state index is -0.610. The fraction of sp³-hybridized carbons (Fsp3) is 0.188. The molecule has 0 unspecified atom stereocenters. The molecule has 0 saturated heterocycles. The standard InChI is InChI=1S/C16H13Cl2N3O2/c1-11-13(6-7-15(22)23-9-8-19)16(18)21(20-11)10-12-4-2-3-5-14(12)17/h2-7H,9-10H2,1H3. The lowest BCUT2D eigenvalue weighted by Gasteiger charge is -2.05. The molecule has 1 heterocycles. The summed E-state index contributed by atoms with van der Waals surface area (Å²) in [6.07, 6.45) is 2.74. The molecule has 0 N–H and O–H groups in total. The summed E-state index contributed by atoms with van der Waals surface area (Å²) in [6, 6.07) is 9.15. The van der Waals surface area contributed by atoms with E-state index in [1.807, 2.05) is 18.2 Å². The zero-order valence-electron chi connectivity index (χ0n) is 12.3. The van der Waals surface area contributed by atoms with Crippen LogP contribution in [-0.2, 0) is 16.1 Å². The van der Waals surface area contributed by atoms with Crippen LogP contribution >= 0.6 is 23.2 Å². The van der Waals surface area contributed by atoms with Crippen LogP contribution in [-0.4, -0.2) is 22.4 Å². The van der Waals surface area contributed by atoms with Crippen molar-refractivity contribution in [3.63, 3.8) is 0 Å². The van der Waals surface area contributed by atoms with Crippen molar-refractivity contribution >= 4 is 35.2 Å². The summed E-state index contributed by atoms with van der Waals surface area (Å²) in [5.41, 5.74) is 2.18. The molecule has 23 heavy (non-hydrogen) atoms. The molecular formula is C16H13Cl2N3O2. The first-order valence-electron chi connectivity index (χ1n) is 6.71. The Kier molecular flexibility index (Phi) is 5.80. The van der Waals surface area contributed by atoms with Crippen LogP contribution in [0.4, 0.5) is 0 Å². The number of aryl methyl sites for hydroxylation is 1. The van der Waals surface area contributed by atoms with Crippen molar-refractivity contribution in [3.05, 3.63) is 57.3 Å². The number of hydrogen-bond acceptors (Lipinski definition) is 4. The molecule has 0 radical (unpaired) electrons. The number of carbonyl (C=O) groups excluding carboxylic acids is 1. The molecular weight excluding hydrogens is 337 g/mol. The van der Waals surface area contributed by atoms with Crippen LogP contribution in [0.15, 0.2) is 30.3 Å². The van der Waals surface area contributed by atoms with Gasteiger partial charge >= 0.3 is 5.97 Å². The van der Waals surface area contributed by atoms with Crippen molar-refractivity contribution in [1.82, 2.24) is 9.78 Å². The molecule has 5 nitrogen and oxygen atoms in total. The summed E-state index contributed by atoms with van der Waals surface area (Å²) in [5, 5.41) is 13.7. The molecule has 0 aliphatic rings. The Bertz CT molecular complexity index is 791. The third-order valence-electron chi connectivity index (χ3n) is 3.05. The van der Waals surface area contributed by atoms with E-state index in [9.17, 15) is 4.79 Å². The number of hydrogen-bond donors (Lipinski definition) is 0. The highest BCUT2D eigenvalue weighted by molar-refractivity contribution is 6.32. The summed E-state index contributed by atoms with van der Waals surface area (Å²) >= 11 is 12.5. The predicted octanol–water partition coefficient (Wildman–Crippen LogP) is 3.63. The van der Waals surface area contributed by atoms with Crippen LogP contribution in [0.5, 0.6) is 0 Å². The van der Waals surface area contributed by atoms with Gasteiger partial charge in [-0.15, -0.1) is 0 Å². The second kappa shape index (κ2) is 7.82. The van der Waals surface area contributed by atoms with Crippen molar-refractivity contribution in [2.75, 3.05) is 6.61 Å². The Hall–Kier alpha value is -2.29. The Balaban J connectivity index is 2.20. The molecule has 0 aliphatic carbocycles. The lowest BCUT2D eigenvalue weighted by Crippen LogP contribution is -2.02. The topological polar surface area (TPSA) is 67.9 Å². The van der Waals surface area contributed by atoms with E-state index in [2.05, 4.69) is 9.84 Å². The van der Waals surface area contributed by atoms with E-state index in [1.54, 1.807) is 23.7 Å². The minimum Gasteiger partial charge on any atom is -0.447 e. The summed E-state index contributed by atoms with van der Waals surface area (Å²) < 4.78 is 6.25. The van der Waals surface area contributed by atoms with Gasteiger partial charge in [-0.05, 0) is 24.6 Å². The number of nitrogens with zero attached hydrogens (tertiary/aromatic N) is 3. The summed E-state index contributed by atoms with van der Waals surface area (Å²) in [7, 11) is 0. The Morgan fingerprint density at radius 1 is 1.43 bits per heavy atom. The van der Waals surface area contributed by atoms with Crippen molar-refractivity contribution in [2.24, 2.45) is 0 Å². The van der Waals surface area contributed by atoms with E-state index in [-0.39, 0.29) is 6.61 Å². The molecule has 0 amide bonds. The second-order valence-corrected chi connectivity index (χ2v) is 5.40. The SMILES string of the molecule is Cc1nn(Cc2ccccc2Cl)c(Cl)c1C=CC(=O)OCC#N. The van der Waals surface area contributed by atoms with Gasteiger partial charge in [0.15, 0.2) is 6.61 Å². The average molecular weight is 350 g/mol. The highest BCUT2D eigenvalue weighted by atomic mass is 35.5. The smallest absolute Gasteiger partial charge is 0.331 e. The maximum atomic E-state index is 11.4. The predicted molar refractivity (Wildman–Crippen MR) is 88.1 cm³/mol. The largest absolute Gasteiger partial charge is 0.447 e. The van der Waals surface area contributed by atoms with Crippen molar-refractivity contribution < 1.29 is 9.53 Å². The third kappa shape index (κ3) is 4.35. The number of nitriles is 1. The summed E-state index contributed by atoms with van der Waals surface area (Å²) in [5.74, 6) is -0.610. The molecule has 1 aromatic carbocycles. The minimum absolute atomic E-state index is 0.290. The quantitative estimate of drug-likeness (QED) is 0.610. The van der Waals surface area contributed by atoms with E-state index in [0.717, 1.165) is 5.56 Å². The van der Waals surface area contributed by atoms with E-state index < -0.39 is 5.97 Å². The maximum Gasteiger partial charge on any atom is 0.331 e. The molecule has 0 spiro atoms. The van der Waals surface area contributed by atoms with E-state index in [4.69, 9.17) is 28.5 Å². The van der Waals surface area contributed by atoms with E-state index >= 15 is 0 Å². The van der Waals surface area contributed by atoms with Crippen molar-refractivity contribution in [2.45, 2.75) is 13.5 Å². The lowest BCUT2D eigenvalue weighted by molar-refractivity contribution is -0.136. The van der Waals surface area contributed by atoms with Crippen LogP contribution < -0.4 is 0 Å². The number of halogens is 2. The number of aromatic nitrogens is 2. The summed E-state index contributed by atoms with van der Waals surface area (Å²) in [4.78, 5) is 11.4. The van der Waals surface area contributed by atoms with Crippen LogP contribution in [0.1, 0.15) is 16.8 Å². The van der Waals surface area contributed by atoms with Gasteiger partial charge in [0.05, 0.1) is 12.2 Å². The molecule has 118 valence electrons. The number of carbonyl (C=O) groups is 1. The highest BCUT2D eigenvalue weighted by Crippen LogP contribution is 2.24. The Labute approximate surface area is 143 Å². The third-order valence-corrected chi connectivity index (χ3v) is 3.82. The average Bonchev–Trinajstić information content (AvgIpc) is 2.79. The molecule has 0 bridgehead atoms. The number of esters is 1. The van der Waals surface area contributed by atoms with Gasteiger partial charge in [-0.2, -0.15) is 10.4 Å². The van der Waals surface area contributed by atoms with Crippen LogP contribution in [0, 0.1) is 18.3 Å². The van der Waals surface area contributed by atoms with Gasteiger partial charge in [0.25, 0.3) is 0 Å². The van der Waals surface area contributed by atoms with Gasteiger partial charge in [0.2, 0.25) is 0 Å². The first-order chi connectivity index (χ1) is 11.0. The van der Waals surface area contributed by atoms with Gasteiger partial charge in [0, 0.05) is 16.7 Å². The number of benzene rings is 1. The fourth-order valence-electron chi connectivity index (χ4n) is 1.95. The zero-order chi connectivity index (χ0) is 16.8. The van der Waals surface area contributed by atoms with Gasteiger partial charge in [-0.1, -0.05) is 41.4 Å². The number of rotatable bonds is 5. The first kappa shape index (κ1) is 17.1. The Morgan fingerprint density at radius 3 is 2.87 bits per heavy atom. The van der Waals surface area contributed by atoms with Crippen LogP contribution in [0.3, 0.4) is 0 Å². The first-order valence-corrected chi connectivity index (χ1v) is 7.46. The van der Waals surface area contributed by atoms with E-state index in [1.165, 1.54) is 12.2 Å². The van der Waals surface area contributed by atoms with Gasteiger partial charge in [-0.3, -0.25) is 0 Å². The molecule has 0 atom stereocenters. The molecule has 2 rings (SSSR count). The molecule has 2 aromatic rings. The lowest BCUT2D eigenvalue weighted by atomic mass is 10.2. The van der Waals surface area contributed by atoms with Gasteiger partial charge in [-0.25, -0.2) is 9.48 Å².